The molecule has 4 rings (SSSR count). The van der Waals surface area contributed by atoms with E-state index in [1.54, 1.807) is 43.3 Å². The number of fused-ring (bicyclic) bond motifs is 1. The van der Waals surface area contributed by atoms with Crippen LogP contribution in [0.25, 0.3) is 10.8 Å². The van der Waals surface area contributed by atoms with Crippen LogP contribution in [-0.2, 0) is 11.3 Å². The molecule has 7 heteroatoms. The third-order valence-corrected chi connectivity index (χ3v) is 6.43. The van der Waals surface area contributed by atoms with Crippen molar-refractivity contribution in [1.82, 2.24) is 5.32 Å². The van der Waals surface area contributed by atoms with Gasteiger partial charge >= 0.3 is 5.97 Å². The van der Waals surface area contributed by atoms with E-state index in [0.717, 1.165) is 10.9 Å². The van der Waals surface area contributed by atoms with Crippen LogP contribution in [0.15, 0.2) is 89.4 Å². The number of ether oxygens (including phenoxy) is 1. The normalized spacial score (nSPS) is 11.6. The van der Waals surface area contributed by atoms with E-state index in [2.05, 4.69) is 56.9 Å². The lowest BCUT2D eigenvalue weighted by atomic mass is 10.1. The smallest absolute Gasteiger partial charge is 0.315 e. The predicted molar refractivity (Wildman–Crippen MR) is 144 cm³/mol. The maximum Gasteiger partial charge on any atom is 0.315 e. The maximum absolute atomic E-state index is 13.0. The van der Waals surface area contributed by atoms with Gasteiger partial charge in [0.05, 0.1) is 16.0 Å². The summed E-state index contributed by atoms with van der Waals surface area (Å²) in [6.07, 6.45) is 0. The highest BCUT2D eigenvalue weighted by Crippen LogP contribution is 2.25. The van der Waals surface area contributed by atoms with Crippen molar-refractivity contribution >= 4 is 55.9 Å². The fourth-order valence-corrected chi connectivity index (χ4v) is 4.10. The van der Waals surface area contributed by atoms with E-state index in [9.17, 15) is 9.59 Å². The first-order chi connectivity index (χ1) is 16.9. The molecule has 0 fully saturated rings. The molecule has 0 aliphatic heterocycles. The van der Waals surface area contributed by atoms with E-state index < -0.39 is 11.9 Å². The largest absolute Gasteiger partial charge is 0.425 e. The standard InChI is InChI=1S/C28H24BrClN2O3/c1-18(28(34)35-26-9-5-4-8-24(26)29)16-32-27(33)23-15-22(30)12-13-25(23)31-17-19-10-11-20-6-2-3-7-21(20)14-19/h2-15,18,31H,16-17H2,1H3,(H,32,33). The summed E-state index contributed by atoms with van der Waals surface area (Å²) in [4.78, 5) is 25.4. The van der Waals surface area contributed by atoms with Gasteiger partial charge < -0.3 is 15.4 Å². The zero-order valence-electron chi connectivity index (χ0n) is 19.1. The Kier molecular flexibility index (Phi) is 8.06. The fourth-order valence-electron chi connectivity index (χ4n) is 3.57. The minimum Gasteiger partial charge on any atom is -0.425 e. The van der Waals surface area contributed by atoms with E-state index in [1.807, 2.05) is 18.2 Å². The second-order valence-electron chi connectivity index (χ2n) is 8.19. The molecule has 0 heterocycles. The van der Waals surface area contributed by atoms with Crippen LogP contribution in [0.3, 0.4) is 0 Å². The summed E-state index contributed by atoms with van der Waals surface area (Å²) >= 11 is 9.53. The SMILES string of the molecule is CC(CNC(=O)c1cc(Cl)ccc1NCc1ccc2ccccc2c1)C(=O)Oc1ccccc1Br. The molecule has 1 amide bonds. The van der Waals surface area contributed by atoms with Crippen LogP contribution >= 0.6 is 27.5 Å². The quantitative estimate of drug-likeness (QED) is 0.186. The summed E-state index contributed by atoms with van der Waals surface area (Å²) in [5.74, 6) is -0.864. The summed E-state index contributed by atoms with van der Waals surface area (Å²) in [6.45, 7) is 2.37. The van der Waals surface area contributed by atoms with E-state index in [-0.39, 0.29) is 12.5 Å². The Morgan fingerprint density at radius 1 is 0.943 bits per heavy atom. The molecule has 35 heavy (non-hydrogen) atoms. The molecule has 0 spiro atoms. The van der Waals surface area contributed by atoms with E-state index >= 15 is 0 Å². The van der Waals surface area contributed by atoms with Gasteiger partial charge in [0.25, 0.3) is 5.91 Å². The van der Waals surface area contributed by atoms with Gasteiger partial charge in [-0.1, -0.05) is 67.1 Å². The molecule has 0 aliphatic carbocycles. The average Bonchev–Trinajstić information content (AvgIpc) is 2.87. The maximum atomic E-state index is 13.0. The van der Waals surface area contributed by atoms with Crippen molar-refractivity contribution < 1.29 is 14.3 Å². The Labute approximate surface area is 217 Å². The number of amides is 1. The Bertz CT molecular complexity index is 1380. The van der Waals surface area contributed by atoms with Gasteiger partial charge in [-0.15, -0.1) is 0 Å². The van der Waals surface area contributed by atoms with Crippen LogP contribution in [0.2, 0.25) is 5.02 Å². The number of anilines is 1. The van der Waals surface area contributed by atoms with Gasteiger partial charge in [0.1, 0.15) is 5.75 Å². The number of nitrogens with one attached hydrogen (secondary N) is 2. The molecule has 2 N–H and O–H groups in total. The van der Waals surface area contributed by atoms with Crippen LogP contribution in [0.1, 0.15) is 22.8 Å². The van der Waals surface area contributed by atoms with Crippen molar-refractivity contribution in [1.29, 1.82) is 0 Å². The zero-order chi connectivity index (χ0) is 24.8. The van der Waals surface area contributed by atoms with Gasteiger partial charge in [-0.25, -0.2) is 0 Å². The molecule has 1 atom stereocenters. The molecule has 4 aromatic rings. The lowest BCUT2D eigenvalue weighted by Crippen LogP contribution is -2.33. The number of benzene rings is 4. The van der Waals surface area contributed by atoms with Crippen LogP contribution in [0.5, 0.6) is 5.75 Å². The highest BCUT2D eigenvalue weighted by Gasteiger charge is 2.19. The molecule has 5 nitrogen and oxygen atoms in total. The molecule has 4 aromatic carbocycles. The molecule has 0 radical (unpaired) electrons. The van der Waals surface area contributed by atoms with E-state index in [0.29, 0.717) is 33.0 Å². The van der Waals surface area contributed by atoms with Gasteiger partial charge in [-0.3, -0.25) is 9.59 Å². The molecule has 0 saturated heterocycles. The van der Waals surface area contributed by atoms with E-state index in [1.165, 1.54) is 5.39 Å². The molecule has 1 unspecified atom stereocenters. The van der Waals surface area contributed by atoms with Gasteiger partial charge in [-0.05, 0) is 68.7 Å². The first-order valence-corrected chi connectivity index (χ1v) is 12.3. The monoisotopic (exact) mass is 550 g/mol. The zero-order valence-corrected chi connectivity index (χ0v) is 21.4. The second-order valence-corrected chi connectivity index (χ2v) is 9.48. The molecule has 0 aromatic heterocycles. The van der Waals surface area contributed by atoms with Crippen LogP contribution in [0, 0.1) is 5.92 Å². The summed E-state index contributed by atoms with van der Waals surface area (Å²) in [7, 11) is 0. The van der Waals surface area contributed by atoms with Gasteiger partial charge in [0.15, 0.2) is 0 Å². The van der Waals surface area contributed by atoms with Crippen molar-refractivity contribution in [2.24, 2.45) is 5.92 Å². The number of carbonyl (C=O) groups excluding carboxylic acids is 2. The number of carbonyl (C=O) groups is 2. The highest BCUT2D eigenvalue weighted by atomic mass is 79.9. The van der Waals surface area contributed by atoms with Crippen molar-refractivity contribution in [3.05, 3.63) is 106 Å². The van der Waals surface area contributed by atoms with Crippen LogP contribution < -0.4 is 15.4 Å². The number of para-hydroxylation sites is 1. The topological polar surface area (TPSA) is 67.4 Å². The number of hydrogen-bond donors (Lipinski definition) is 2. The Morgan fingerprint density at radius 2 is 1.69 bits per heavy atom. The third kappa shape index (κ3) is 6.41. The first-order valence-electron chi connectivity index (χ1n) is 11.2. The highest BCUT2D eigenvalue weighted by molar-refractivity contribution is 9.10. The number of rotatable bonds is 8. The Hall–Kier alpha value is -3.35. The average molecular weight is 552 g/mol. The molecule has 0 bridgehead atoms. The second kappa shape index (κ2) is 11.4. The van der Waals surface area contributed by atoms with Crippen molar-refractivity contribution in [2.75, 3.05) is 11.9 Å². The van der Waals surface area contributed by atoms with Crippen LogP contribution in [-0.4, -0.2) is 18.4 Å². The molecule has 0 aliphatic rings. The number of halogens is 2. The molecular formula is C28H24BrClN2O3. The summed E-state index contributed by atoms with van der Waals surface area (Å²) < 4.78 is 6.12. The Morgan fingerprint density at radius 3 is 2.49 bits per heavy atom. The summed E-state index contributed by atoms with van der Waals surface area (Å²) in [6, 6.07) is 26.7. The number of esters is 1. The fraction of sp³-hybridized carbons (Fsp3) is 0.143. The van der Waals surface area contributed by atoms with Gasteiger partial charge in [-0.2, -0.15) is 0 Å². The minimum absolute atomic E-state index is 0.124. The predicted octanol–water partition coefficient (Wildman–Crippen LogP) is 6.84. The van der Waals surface area contributed by atoms with Crippen molar-refractivity contribution in [3.63, 3.8) is 0 Å². The summed E-state index contributed by atoms with van der Waals surface area (Å²) in [5.41, 5.74) is 2.15. The molecule has 178 valence electrons. The van der Waals surface area contributed by atoms with Gasteiger partial charge in [0, 0.05) is 23.8 Å². The lowest BCUT2D eigenvalue weighted by molar-refractivity contribution is -0.138. The first kappa shape index (κ1) is 24.8. The van der Waals surface area contributed by atoms with E-state index in [4.69, 9.17) is 16.3 Å². The van der Waals surface area contributed by atoms with Crippen molar-refractivity contribution in [3.8, 4) is 5.75 Å². The van der Waals surface area contributed by atoms with Crippen LogP contribution in [0.4, 0.5) is 5.69 Å². The molecular weight excluding hydrogens is 528 g/mol. The number of hydrogen-bond acceptors (Lipinski definition) is 4. The lowest BCUT2D eigenvalue weighted by Gasteiger charge is -2.15. The minimum atomic E-state index is -0.542. The van der Waals surface area contributed by atoms with Crippen molar-refractivity contribution in [2.45, 2.75) is 13.5 Å². The Balaban J connectivity index is 1.39. The summed E-state index contributed by atoms with van der Waals surface area (Å²) in [5, 5.41) is 8.94. The third-order valence-electron chi connectivity index (χ3n) is 5.54. The van der Waals surface area contributed by atoms with Gasteiger partial charge in [0.2, 0.25) is 0 Å². The molecule has 0 saturated carbocycles.